The van der Waals surface area contributed by atoms with Gasteiger partial charge in [-0.3, -0.25) is 9.78 Å². The molecule has 0 saturated carbocycles. The summed E-state index contributed by atoms with van der Waals surface area (Å²) in [6.07, 6.45) is 8.08. The topological polar surface area (TPSA) is 42.0 Å². The fourth-order valence-electron chi connectivity index (χ4n) is 0.730. The summed E-state index contributed by atoms with van der Waals surface area (Å²) in [5, 5.41) is 2.53. The van der Waals surface area contributed by atoms with E-state index in [-0.39, 0.29) is 12.5 Å². The van der Waals surface area contributed by atoms with Crippen LogP contribution in [0.5, 0.6) is 0 Å². The van der Waals surface area contributed by atoms with Gasteiger partial charge in [-0.2, -0.15) is 0 Å². The molecule has 0 saturated heterocycles. The molecule has 0 aliphatic heterocycles. The number of amides is 1. The summed E-state index contributed by atoms with van der Waals surface area (Å²) >= 11 is 0. The Bertz CT molecular complexity index is 300. The van der Waals surface area contributed by atoms with E-state index in [0.717, 1.165) is 0 Å². The molecule has 1 amide bonds. The van der Waals surface area contributed by atoms with Gasteiger partial charge in [0.1, 0.15) is 0 Å². The van der Waals surface area contributed by atoms with Gasteiger partial charge < -0.3 is 5.32 Å². The lowest BCUT2D eigenvalue weighted by molar-refractivity contribution is 0.0958. The van der Waals surface area contributed by atoms with E-state index in [0.29, 0.717) is 5.56 Å². The van der Waals surface area contributed by atoms with E-state index in [2.05, 4.69) is 16.2 Å². The maximum Gasteiger partial charge on any atom is 0.253 e. The van der Waals surface area contributed by atoms with Crippen LogP contribution in [0.25, 0.3) is 0 Å². The number of aromatic nitrogens is 1. The van der Waals surface area contributed by atoms with Crippen LogP contribution in [0.2, 0.25) is 0 Å². The van der Waals surface area contributed by atoms with Gasteiger partial charge >= 0.3 is 0 Å². The van der Waals surface area contributed by atoms with Crippen LogP contribution in [0.4, 0.5) is 0 Å². The van der Waals surface area contributed by atoms with Crippen LogP contribution in [-0.4, -0.2) is 17.4 Å². The second-order valence-corrected chi connectivity index (χ2v) is 2.13. The van der Waals surface area contributed by atoms with Crippen LogP contribution in [0.15, 0.2) is 24.5 Å². The smallest absolute Gasteiger partial charge is 0.253 e. The molecule has 0 aromatic carbocycles. The molecule has 0 bridgehead atoms. The predicted octanol–water partition coefficient (Wildman–Crippen LogP) is 0.445. The molecule has 3 nitrogen and oxygen atoms in total. The molecule has 12 heavy (non-hydrogen) atoms. The third kappa shape index (κ3) is 2.10. The fraction of sp³-hybridized carbons (Fsp3) is 0.111. The normalized spacial score (nSPS) is 8.58. The van der Waals surface area contributed by atoms with Crippen molar-refractivity contribution in [3.63, 3.8) is 0 Å². The number of rotatable bonds is 2. The van der Waals surface area contributed by atoms with E-state index >= 15 is 0 Å². The molecule has 1 aromatic heterocycles. The van der Waals surface area contributed by atoms with Crippen molar-refractivity contribution in [2.75, 3.05) is 6.54 Å². The van der Waals surface area contributed by atoms with Crippen molar-refractivity contribution in [3.8, 4) is 12.3 Å². The van der Waals surface area contributed by atoms with E-state index in [1.165, 1.54) is 6.20 Å². The first kappa shape index (κ1) is 8.28. The van der Waals surface area contributed by atoms with Gasteiger partial charge in [0.2, 0.25) is 0 Å². The monoisotopic (exact) mass is 160 g/mol. The Kier molecular flexibility index (Phi) is 2.86. The number of pyridine rings is 1. The largest absolute Gasteiger partial charge is 0.341 e. The van der Waals surface area contributed by atoms with Gasteiger partial charge in [-0.25, -0.2) is 0 Å². The van der Waals surface area contributed by atoms with Crippen LogP contribution in [0.3, 0.4) is 0 Å². The number of terminal acetylenes is 1. The van der Waals surface area contributed by atoms with E-state index in [1.807, 2.05) is 0 Å². The van der Waals surface area contributed by atoms with Crippen molar-refractivity contribution in [3.05, 3.63) is 30.1 Å². The summed E-state index contributed by atoms with van der Waals surface area (Å²) in [7, 11) is 0. The van der Waals surface area contributed by atoms with Gasteiger partial charge in [-0.1, -0.05) is 5.92 Å². The lowest BCUT2D eigenvalue weighted by Crippen LogP contribution is -2.23. The minimum Gasteiger partial charge on any atom is -0.341 e. The summed E-state index contributed by atoms with van der Waals surface area (Å²) in [5.41, 5.74) is 0.521. The fourth-order valence-corrected chi connectivity index (χ4v) is 0.730. The minimum atomic E-state index is -0.193. The molecule has 1 aromatic rings. The maximum absolute atomic E-state index is 11.2. The summed E-state index contributed by atoms with van der Waals surface area (Å²) in [6, 6.07) is 3.38. The second-order valence-electron chi connectivity index (χ2n) is 2.13. The lowest BCUT2D eigenvalue weighted by atomic mass is 10.3. The van der Waals surface area contributed by atoms with Crippen molar-refractivity contribution >= 4 is 5.91 Å². The molecule has 3 heteroatoms. The molecule has 0 spiro atoms. The first-order valence-corrected chi connectivity index (χ1v) is 3.46. The predicted molar refractivity (Wildman–Crippen MR) is 45.4 cm³/mol. The molecule has 1 rings (SSSR count). The van der Waals surface area contributed by atoms with Gasteiger partial charge in [-0.05, 0) is 12.1 Å². The summed E-state index contributed by atoms with van der Waals surface area (Å²) < 4.78 is 0. The number of hydrogen-bond acceptors (Lipinski definition) is 2. The molecule has 0 aliphatic rings. The van der Waals surface area contributed by atoms with Gasteiger partial charge in [0, 0.05) is 12.4 Å². The minimum absolute atomic E-state index is 0.193. The molecule has 0 unspecified atom stereocenters. The van der Waals surface area contributed by atoms with E-state index < -0.39 is 0 Å². The van der Waals surface area contributed by atoms with Crippen molar-refractivity contribution < 1.29 is 4.79 Å². The van der Waals surface area contributed by atoms with E-state index in [1.54, 1.807) is 18.3 Å². The Morgan fingerprint density at radius 3 is 3.17 bits per heavy atom. The van der Waals surface area contributed by atoms with E-state index in [9.17, 15) is 4.79 Å². The zero-order valence-electron chi connectivity index (χ0n) is 6.45. The number of nitrogens with one attached hydrogen (secondary N) is 1. The number of hydrogen-bond donors (Lipinski definition) is 1. The number of carbonyl (C=O) groups excluding carboxylic acids is 1. The second kappa shape index (κ2) is 4.14. The molecular formula is C9H8N2O. The Labute approximate surface area is 70.8 Å². The molecule has 0 fully saturated rings. The van der Waals surface area contributed by atoms with Crippen LogP contribution in [0, 0.1) is 12.3 Å². The van der Waals surface area contributed by atoms with Gasteiger partial charge in [0.05, 0.1) is 12.1 Å². The summed E-state index contributed by atoms with van der Waals surface area (Å²) in [4.78, 5) is 15.0. The highest BCUT2D eigenvalue weighted by atomic mass is 16.1. The zero-order chi connectivity index (χ0) is 8.81. The molecule has 0 atom stereocenters. The molecule has 1 heterocycles. The van der Waals surface area contributed by atoms with Gasteiger partial charge in [-0.15, -0.1) is 6.42 Å². The van der Waals surface area contributed by atoms with Crippen LogP contribution in [-0.2, 0) is 0 Å². The van der Waals surface area contributed by atoms with Crippen molar-refractivity contribution in [2.45, 2.75) is 0 Å². The van der Waals surface area contributed by atoms with Gasteiger partial charge in [0.15, 0.2) is 0 Å². The Morgan fingerprint density at radius 2 is 2.58 bits per heavy atom. The first-order chi connectivity index (χ1) is 5.84. The van der Waals surface area contributed by atoms with Gasteiger partial charge in [0.25, 0.3) is 5.91 Å². The summed E-state index contributed by atoms with van der Waals surface area (Å²) in [5.74, 6) is 2.12. The first-order valence-electron chi connectivity index (χ1n) is 3.46. The quantitative estimate of drug-likeness (QED) is 0.638. The average molecular weight is 160 g/mol. The highest BCUT2D eigenvalue weighted by molar-refractivity contribution is 5.93. The standard InChI is InChI=1S/C9H8N2O/c1-2-5-11-9(12)8-4-3-6-10-7-8/h1,3-4,6-7H,5H2,(H,11,12). The van der Waals surface area contributed by atoms with E-state index in [4.69, 9.17) is 6.42 Å². The molecule has 0 radical (unpaired) electrons. The highest BCUT2D eigenvalue weighted by Crippen LogP contribution is 1.93. The SMILES string of the molecule is C#CCNC(=O)c1cccnc1. The maximum atomic E-state index is 11.2. The highest BCUT2D eigenvalue weighted by Gasteiger charge is 2.01. The summed E-state index contributed by atoms with van der Waals surface area (Å²) in [6.45, 7) is 0.244. The molecule has 0 aliphatic carbocycles. The average Bonchev–Trinajstić information content (AvgIpc) is 2.15. The number of nitrogens with zero attached hydrogens (tertiary/aromatic N) is 1. The number of carbonyl (C=O) groups is 1. The van der Waals surface area contributed by atoms with Crippen molar-refractivity contribution in [2.24, 2.45) is 0 Å². The Balaban J connectivity index is 2.61. The molecule has 60 valence electrons. The van der Waals surface area contributed by atoms with Crippen LogP contribution in [0.1, 0.15) is 10.4 Å². The third-order valence-electron chi connectivity index (χ3n) is 1.27. The molecule has 1 N–H and O–H groups in total. The van der Waals surface area contributed by atoms with Crippen molar-refractivity contribution in [1.29, 1.82) is 0 Å². The third-order valence-corrected chi connectivity index (χ3v) is 1.27. The van der Waals surface area contributed by atoms with Crippen LogP contribution < -0.4 is 5.32 Å². The Morgan fingerprint density at radius 1 is 1.75 bits per heavy atom. The lowest BCUT2D eigenvalue weighted by Gasteiger charge is -1.98. The van der Waals surface area contributed by atoms with Crippen molar-refractivity contribution in [1.82, 2.24) is 10.3 Å². The van der Waals surface area contributed by atoms with Crippen LogP contribution >= 0.6 is 0 Å². The molecular weight excluding hydrogens is 152 g/mol. The zero-order valence-corrected chi connectivity index (χ0v) is 6.45. The Hall–Kier alpha value is -1.82.